The molecule has 0 spiro atoms. The van der Waals surface area contributed by atoms with Crippen LogP contribution in [0, 0.1) is 0 Å². The van der Waals surface area contributed by atoms with Crippen molar-refractivity contribution in [3.63, 3.8) is 0 Å². The van der Waals surface area contributed by atoms with Crippen LogP contribution in [0.2, 0.25) is 0 Å². The van der Waals surface area contributed by atoms with Crippen LogP contribution in [0.1, 0.15) is 38.8 Å². The Kier molecular flexibility index (Phi) is 3.79. The molecule has 6 heteroatoms. The molecule has 0 aromatic carbocycles. The maximum atomic E-state index is 12.6. The summed E-state index contributed by atoms with van der Waals surface area (Å²) in [5, 5.41) is 0. The first-order valence-electron chi connectivity index (χ1n) is 6.37. The average Bonchev–Trinajstić information content (AvgIpc) is 2.77. The Morgan fingerprint density at radius 2 is 2.00 bits per heavy atom. The van der Waals surface area contributed by atoms with Crippen LogP contribution in [-0.2, 0) is 16.6 Å². The van der Waals surface area contributed by atoms with Crippen LogP contribution in [-0.4, -0.2) is 29.8 Å². The van der Waals surface area contributed by atoms with E-state index in [1.807, 2.05) is 13.8 Å². The van der Waals surface area contributed by atoms with Crippen molar-refractivity contribution >= 4 is 10.0 Å². The van der Waals surface area contributed by atoms with Gasteiger partial charge >= 0.3 is 0 Å². The number of nitrogens with zero attached hydrogens (tertiary/aromatic N) is 1. The minimum absolute atomic E-state index is 0.0648. The highest BCUT2D eigenvalue weighted by Crippen LogP contribution is 2.29. The highest BCUT2D eigenvalue weighted by Gasteiger charge is 2.35. The second-order valence-electron chi connectivity index (χ2n) is 5.03. The lowest BCUT2D eigenvalue weighted by atomic mass is 10.0. The van der Waals surface area contributed by atoms with Gasteiger partial charge in [-0.1, -0.05) is 6.42 Å². The van der Waals surface area contributed by atoms with Crippen molar-refractivity contribution in [1.29, 1.82) is 0 Å². The van der Waals surface area contributed by atoms with Gasteiger partial charge in [-0.3, -0.25) is 0 Å². The third-order valence-corrected chi connectivity index (χ3v) is 5.73. The second kappa shape index (κ2) is 5.03. The predicted octanol–water partition coefficient (Wildman–Crippen LogP) is 1.43. The van der Waals surface area contributed by atoms with Crippen molar-refractivity contribution in [2.75, 3.05) is 0 Å². The Morgan fingerprint density at radius 1 is 1.39 bits per heavy atom. The minimum atomic E-state index is -3.40. The molecule has 1 aromatic rings. The number of hydrogen-bond donors (Lipinski definition) is 2. The highest BCUT2D eigenvalue weighted by molar-refractivity contribution is 7.89. The fourth-order valence-electron chi connectivity index (χ4n) is 2.68. The molecule has 18 heavy (non-hydrogen) atoms. The topological polar surface area (TPSA) is 79.2 Å². The van der Waals surface area contributed by atoms with Gasteiger partial charge in [0.15, 0.2) is 0 Å². The quantitative estimate of drug-likeness (QED) is 0.872. The van der Waals surface area contributed by atoms with Gasteiger partial charge in [0, 0.05) is 30.5 Å². The summed E-state index contributed by atoms with van der Waals surface area (Å²) in [5.41, 5.74) is 6.24. The Morgan fingerprint density at radius 3 is 2.50 bits per heavy atom. The first kappa shape index (κ1) is 13.6. The van der Waals surface area contributed by atoms with Gasteiger partial charge in [-0.05, 0) is 32.8 Å². The molecule has 5 nitrogen and oxygen atoms in total. The van der Waals surface area contributed by atoms with Crippen LogP contribution < -0.4 is 5.73 Å². The molecule has 2 unspecified atom stereocenters. The molecule has 1 aliphatic rings. The van der Waals surface area contributed by atoms with Gasteiger partial charge in [-0.15, -0.1) is 0 Å². The number of nitrogens with one attached hydrogen (secondary N) is 1. The van der Waals surface area contributed by atoms with Gasteiger partial charge in [0.1, 0.15) is 0 Å². The number of piperidine rings is 1. The smallest absolute Gasteiger partial charge is 0.245 e. The fraction of sp³-hybridized carbons (Fsp3) is 0.667. The number of nitrogens with two attached hydrogens (primary N) is 1. The number of rotatable bonds is 3. The Bertz CT molecular complexity index is 499. The summed E-state index contributed by atoms with van der Waals surface area (Å²) in [6.45, 7) is 4.27. The van der Waals surface area contributed by atoms with E-state index in [0.717, 1.165) is 25.0 Å². The van der Waals surface area contributed by atoms with Gasteiger partial charge in [0.25, 0.3) is 0 Å². The van der Waals surface area contributed by atoms with Crippen LogP contribution in [0.3, 0.4) is 0 Å². The highest BCUT2D eigenvalue weighted by atomic mass is 32.2. The molecule has 2 atom stereocenters. The normalized spacial score (nSPS) is 26.4. The number of hydrogen-bond acceptors (Lipinski definition) is 3. The molecular weight excluding hydrogens is 250 g/mol. The summed E-state index contributed by atoms with van der Waals surface area (Å²) in [4.78, 5) is 3.22. The van der Waals surface area contributed by atoms with Gasteiger partial charge in [0.2, 0.25) is 10.0 Å². The number of aromatic nitrogens is 1. The first-order chi connectivity index (χ1) is 8.46. The van der Waals surface area contributed by atoms with Crippen LogP contribution in [0.15, 0.2) is 17.2 Å². The molecule has 1 aliphatic heterocycles. The van der Waals surface area contributed by atoms with Crippen molar-refractivity contribution in [2.45, 2.75) is 56.6 Å². The number of aromatic amines is 1. The molecule has 0 aliphatic carbocycles. The van der Waals surface area contributed by atoms with E-state index in [9.17, 15) is 8.42 Å². The zero-order chi connectivity index (χ0) is 13.3. The van der Waals surface area contributed by atoms with Crippen molar-refractivity contribution in [3.05, 3.63) is 18.0 Å². The summed E-state index contributed by atoms with van der Waals surface area (Å²) in [7, 11) is -3.40. The second-order valence-corrected chi connectivity index (χ2v) is 6.87. The molecule has 1 aromatic heterocycles. The lowest BCUT2D eigenvalue weighted by Gasteiger charge is -2.37. The predicted molar refractivity (Wildman–Crippen MR) is 70.5 cm³/mol. The summed E-state index contributed by atoms with van der Waals surface area (Å²) < 4.78 is 26.8. The van der Waals surface area contributed by atoms with Crippen molar-refractivity contribution < 1.29 is 8.42 Å². The molecular formula is C12H21N3O2S. The van der Waals surface area contributed by atoms with Crippen LogP contribution >= 0.6 is 0 Å². The molecule has 1 fully saturated rings. The average molecular weight is 271 g/mol. The zero-order valence-electron chi connectivity index (χ0n) is 10.9. The lowest BCUT2D eigenvalue weighted by Crippen LogP contribution is -2.47. The van der Waals surface area contributed by atoms with Crippen LogP contribution in [0.25, 0.3) is 0 Å². The van der Waals surface area contributed by atoms with Crippen molar-refractivity contribution in [2.24, 2.45) is 5.73 Å². The first-order valence-corrected chi connectivity index (χ1v) is 7.81. The van der Waals surface area contributed by atoms with Gasteiger partial charge in [-0.2, -0.15) is 4.31 Å². The van der Waals surface area contributed by atoms with E-state index in [4.69, 9.17) is 5.73 Å². The zero-order valence-corrected chi connectivity index (χ0v) is 11.7. The molecule has 3 N–H and O–H groups in total. The molecule has 0 radical (unpaired) electrons. The summed E-state index contributed by atoms with van der Waals surface area (Å²) >= 11 is 0. The third kappa shape index (κ3) is 2.32. The molecule has 1 saturated heterocycles. The Labute approximate surface area is 108 Å². The molecule has 102 valence electrons. The molecule has 2 rings (SSSR count). The minimum Gasteiger partial charge on any atom is -0.363 e. The number of sulfonamides is 1. The van der Waals surface area contributed by atoms with E-state index in [1.165, 1.54) is 6.20 Å². The van der Waals surface area contributed by atoms with E-state index in [-0.39, 0.29) is 12.1 Å². The van der Waals surface area contributed by atoms with E-state index in [1.54, 1.807) is 10.4 Å². The van der Waals surface area contributed by atoms with Crippen molar-refractivity contribution in [3.8, 4) is 0 Å². The lowest BCUT2D eigenvalue weighted by molar-refractivity contribution is 0.204. The summed E-state index contributed by atoms with van der Waals surface area (Å²) in [5.74, 6) is 0. The van der Waals surface area contributed by atoms with Crippen LogP contribution in [0.4, 0.5) is 0 Å². The maximum absolute atomic E-state index is 12.6. The Hall–Kier alpha value is -0.850. The fourth-order valence-corrected chi connectivity index (χ4v) is 4.58. The Balaban J connectivity index is 2.34. The molecule has 0 bridgehead atoms. The molecule has 2 heterocycles. The summed E-state index contributed by atoms with van der Waals surface area (Å²) in [6, 6.07) is 1.76. The maximum Gasteiger partial charge on any atom is 0.245 e. The van der Waals surface area contributed by atoms with Gasteiger partial charge in [0.05, 0.1) is 4.90 Å². The SMILES string of the molecule is CC1CCCC(C)N1S(=O)(=O)c1c[nH]c(CN)c1. The van der Waals surface area contributed by atoms with Gasteiger partial charge < -0.3 is 10.7 Å². The third-order valence-electron chi connectivity index (χ3n) is 3.62. The van der Waals surface area contributed by atoms with Crippen molar-refractivity contribution in [1.82, 2.24) is 9.29 Å². The van der Waals surface area contributed by atoms with E-state index >= 15 is 0 Å². The standard InChI is InChI=1S/C12H21N3O2S/c1-9-4-3-5-10(2)15(9)18(16,17)12-6-11(7-13)14-8-12/h6,8-10,14H,3-5,7,13H2,1-2H3. The van der Waals surface area contributed by atoms with E-state index in [0.29, 0.717) is 11.4 Å². The van der Waals surface area contributed by atoms with Gasteiger partial charge in [-0.25, -0.2) is 8.42 Å². The van der Waals surface area contributed by atoms with E-state index < -0.39 is 10.0 Å². The van der Waals surface area contributed by atoms with Crippen LogP contribution in [0.5, 0.6) is 0 Å². The monoisotopic (exact) mass is 271 g/mol. The molecule has 0 saturated carbocycles. The summed E-state index contributed by atoms with van der Waals surface area (Å²) in [6.07, 6.45) is 4.48. The largest absolute Gasteiger partial charge is 0.363 e. The van der Waals surface area contributed by atoms with E-state index in [2.05, 4.69) is 4.98 Å². The number of H-pyrrole nitrogens is 1. The molecule has 0 amide bonds.